The van der Waals surface area contributed by atoms with Crippen molar-refractivity contribution in [3.8, 4) is 0 Å². The van der Waals surface area contributed by atoms with Crippen LogP contribution in [0.15, 0.2) is 43.0 Å². The van der Waals surface area contributed by atoms with Crippen molar-refractivity contribution in [2.45, 2.75) is 24.9 Å². The first-order valence-corrected chi connectivity index (χ1v) is 8.34. The molecule has 1 aliphatic heterocycles. The van der Waals surface area contributed by atoms with Gasteiger partial charge >= 0.3 is 0 Å². The minimum Gasteiger partial charge on any atom is -0.391 e. The number of aliphatic hydroxyl groups excluding tert-OH is 1. The third-order valence-corrected chi connectivity index (χ3v) is 4.60. The van der Waals surface area contributed by atoms with Crippen molar-refractivity contribution in [2.24, 2.45) is 0 Å². The summed E-state index contributed by atoms with van der Waals surface area (Å²) in [5.41, 5.74) is 1.26. The molecule has 0 amide bonds. The highest BCUT2D eigenvalue weighted by Crippen LogP contribution is 2.39. The number of hydrogen-bond donors (Lipinski definition) is 1. The molecule has 4 rings (SSSR count). The second kappa shape index (κ2) is 6.68. The highest BCUT2D eigenvalue weighted by molar-refractivity contribution is 6.33. The lowest BCUT2D eigenvalue weighted by Crippen LogP contribution is -2.56. The molecule has 0 radical (unpaired) electrons. The molecular formula is C17H17ClN4O3. The minimum atomic E-state index is -0.882. The van der Waals surface area contributed by atoms with Gasteiger partial charge in [0.1, 0.15) is 11.8 Å². The average molecular weight is 361 g/mol. The Kier molecular flexibility index (Phi) is 4.39. The summed E-state index contributed by atoms with van der Waals surface area (Å²) in [6.45, 7) is 0.804. The minimum absolute atomic E-state index is 0.0920. The van der Waals surface area contributed by atoms with E-state index in [1.807, 2.05) is 30.3 Å². The maximum absolute atomic E-state index is 9.87. The van der Waals surface area contributed by atoms with Crippen molar-refractivity contribution in [1.29, 1.82) is 0 Å². The van der Waals surface area contributed by atoms with Gasteiger partial charge in [-0.3, -0.25) is 4.57 Å². The number of ether oxygens (including phenoxy) is 2. The fourth-order valence-corrected chi connectivity index (χ4v) is 3.25. The molecule has 8 heteroatoms. The SMILES string of the molecule is OC[C@@]1(n2cnc3c(Cl)ncnc32)C[C@@H](COCc2ccccc2)O1. The summed E-state index contributed by atoms with van der Waals surface area (Å²) >= 11 is 6.03. The summed E-state index contributed by atoms with van der Waals surface area (Å²) < 4.78 is 13.4. The Balaban J connectivity index is 1.41. The number of benzene rings is 1. The van der Waals surface area contributed by atoms with Crippen LogP contribution in [0.3, 0.4) is 0 Å². The molecule has 0 unspecified atom stereocenters. The van der Waals surface area contributed by atoms with Crippen LogP contribution in [0.5, 0.6) is 0 Å². The van der Waals surface area contributed by atoms with Crippen molar-refractivity contribution in [3.05, 3.63) is 53.7 Å². The third kappa shape index (κ3) is 3.00. The standard InChI is InChI=1S/C17H17ClN4O3/c18-15-14-16(20-10-19-15)22(11-21-14)17(9-23)6-13(25-17)8-24-7-12-4-2-1-3-5-12/h1-5,10-11,13,23H,6-9H2/t13-,17+/m0/s1. The molecule has 2 aromatic heterocycles. The average Bonchev–Trinajstić information content (AvgIpc) is 3.04. The van der Waals surface area contributed by atoms with Crippen LogP contribution in [0.2, 0.25) is 5.15 Å². The summed E-state index contributed by atoms with van der Waals surface area (Å²) in [5, 5.41) is 10.1. The molecule has 7 nitrogen and oxygen atoms in total. The van der Waals surface area contributed by atoms with E-state index in [1.54, 1.807) is 10.9 Å². The molecule has 3 aromatic rings. The lowest BCUT2D eigenvalue weighted by molar-refractivity contribution is -0.282. The molecular weight excluding hydrogens is 344 g/mol. The molecule has 1 N–H and O–H groups in total. The zero-order valence-electron chi connectivity index (χ0n) is 13.4. The largest absolute Gasteiger partial charge is 0.391 e. The quantitative estimate of drug-likeness (QED) is 0.678. The normalized spacial score (nSPS) is 22.9. The molecule has 130 valence electrons. The zero-order chi connectivity index (χ0) is 17.3. The first-order valence-electron chi connectivity index (χ1n) is 7.96. The number of aromatic nitrogens is 4. The van der Waals surface area contributed by atoms with Crippen LogP contribution < -0.4 is 0 Å². The molecule has 1 aromatic carbocycles. The second-order valence-electron chi connectivity index (χ2n) is 6.00. The Labute approximate surface area is 149 Å². The summed E-state index contributed by atoms with van der Waals surface area (Å²) in [4.78, 5) is 12.3. The van der Waals surface area contributed by atoms with E-state index in [2.05, 4.69) is 15.0 Å². The van der Waals surface area contributed by atoms with E-state index in [0.29, 0.717) is 30.8 Å². The molecule has 2 atom stereocenters. The van der Waals surface area contributed by atoms with Gasteiger partial charge in [-0.2, -0.15) is 0 Å². The topological polar surface area (TPSA) is 82.3 Å². The van der Waals surface area contributed by atoms with E-state index < -0.39 is 5.72 Å². The highest BCUT2D eigenvalue weighted by atomic mass is 35.5. The van der Waals surface area contributed by atoms with E-state index in [9.17, 15) is 5.11 Å². The maximum Gasteiger partial charge on any atom is 0.173 e. The van der Waals surface area contributed by atoms with Gasteiger partial charge in [0.05, 0.1) is 32.3 Å². The van der Waals surface area contributed by atoms with Gasteiger partial charge in [-0.25, -0.2) is 15.0 Å². The van der Waals surface area contributed by atoms with E-state index in [0.717, 1.165) is 5.56 Å². The van der Waals surface area contributed by atoms with Gasteiger partial charge < -0.3 is 14.6 Å². The van der Waals surface area contributed by atoms with Gasteiger partial charge in [-0.1, -0.05) is 41.9 Å². The fraction of sp³-hybridized carbons (Fsp3) is 0.353. The van der Waals surface area contributed by atoms with E-state index in [-0.39, 0.29) is 17.9 Å². The predicted octanol–water partition coefficient (Wildman–Crippen LogP) is 2.13. The summed E-state index contributed by atoms with van der Waals surface area (Å²) in [7, 11) is 0. The summed E-state index contributed by atoms with van der Waals surface area (Å²) in [5.74, 6) is 0. The smallest absolute Gasteiger partial charge is 0.173 e. The van der Waals surface area contributed by atoms with Gasteiger partial charge in [0.15, 0.2) is 16.5 Å². The molecule has 1 saturated heterocycles. The predicted molar refractivity (Wildman–Crippen MR) is 91.0 cm³/mol. The Morgan fingerprint density at radius 1 is 1.28 bits per heavy atom. The molecule has 25 heavy (non-hydrogen) atoms. The van der Waals surface area contributed by atoms with Crippen LogP contribution in [0, 0.1) is 0 Å². The van der Waals surface area contributed by atoms with Crippen LogP contribution in [0.4, 0.5) is 0 Å². The van der Waals surface area contributed by atoms with Crippen LogP contribution in [0.25, 0.3) is 11.2 Å². The fourth-order valence-electron chi connectivity index (χ4n) is 3.07. The highest BCUT2D eigenvalue weighted by Gasteiger charge is 2.48. The molecule has 3 heterocycles. The van der Waals surface area contributed by atoms with E-state index >= 15 is 0 Å². The van der Waals surface area contributed by atoms with E-state index in [4.69, 9.17) is 21.1 Å². The Morgan fingerprint density at radius 3 is 2.84 bits per heavy atom. The first kappa shape index (κ1) is 16.4. The van der Waals surface area contributed by atoms with Gasteiger partial charge in [0.2, 0.25) is 0 Å². The van der Waals surface area contributed by atoms with Crippen LogP contribution >= 0.6 is 11.6 Å². The maximum atomic E-state index is 9.87. The molecule has 0 aliphatic carbocycles. The zero-order valence-corrected chi connectivity index (χ0v) is 14.1. The van der Waals surface area contributed by atoms with Crippen LogP contribution in [-0.2, 0) is 21.8 Å². The Bertz CT molecular complexity index is 865. The lowest BCUT2D eigenvalue weighted by Gasteiger charge is -2.47. The second-order valence-corrected chi connectivity index (χ2v) is 6.36. The van der Waals surface area contributed by atoms with Gasteiger partial charge in [-0.15, -0.1) is 0 Å². The number of aliphatic hydroxyl groups is 1. The number of nitrogens with zero attached hydrogens (tertiary/aromatic N) is 4. The summed E-state index contributed by atoms with van der Waals surface area (Å²) in [6, 6.07) is 9.96. The van der Waals surface area contributed by atoms with Crippen molar-refractivity contribution in [3.63, 3.8) is 0 Å². The lowest BCUT2D eigenvalue weighted by atomic mass is 9.98. The van der Waals surface area contributed by atoms with Crippen LogP contribution in [0.1, 0.15) is 12.0 Å². The molecule has 0 bridgehead atoms. The number of halogens is 1. The number of hydrogen-bond acceptors (Lipinski definition) is 6. The Morgan fingerprint density at radius 2 is 2.08 bits per heavy atom. The van der Waals surface area contributed by atoms with Crippen molar-refractivity contribution >= 4 is 22.8 Å². The van der Waals surface area contributed by atoms with Crippen molar-refractivity contribution in [2.75, 3.05) is 13.2 Å². The van der Waals surface area contributed by atoms with Crippen molar-refractivity contribution < 1.29 is 14.6 Å². The number of fused-ring (bicyclic) bond motifs is 1. The third-order valence-electron chi connectivity index (χ3n) is 4.32. The van der Waals surface area contributed by atoms with Gasteiger partial charge in [-0.05, 0) is 5.56 Å². The molecule has 0 spiro atoms. The summed E-state index contributed by atoms with van der Waals surface area (Å²) in [6.07, 6.45) is 3.45. The number of rotatable bonds is 6. The van der Waals surface area contributed by atoms with Crippen LogP contribution in [-0.4, -0.2) is 43.9 Å². The Hall–Kier alpha value is -2.06. The van der Waals surface area contributed by atoms with Gasteiger partial charge in [0.25, 0.3) is 0 Å². The molecule has 0 saturated carbocycles. The first-order chi connectivity index (χ1) is 12.2. The monoisotopic (exact) mass is 360 g/mol. The molecule has 1 fully saturated rings. The number of imidazole rings is 1. The molecule has 1 aliphatic rings. The van der Waals surface area contributed by atoms with Crippen molar-refractivity contribution in [1.82, 2.24) is 19.5 Å². The van der Waals surface area contributed by atoms with Gasteiger partial charge in [0, 0.05) is 6.42 Å². The van der Waals surface area contributed by atoms with E-state index in [1.165, 1.54) is 6.33 Å².